The molecule has 7 nitrogen and oxygen atoms in total. The molecule has 2 heterocycles. The van der Waals surface area contributed by atoms with E-state index in [0.29, 0.717) is 10.3 Å². The third-order valence-electron chi connectivity index (χ3n) is 3.71. The largest absolute Gasteiger partial charge is 0.619 e. The molecule has 0 aliphatic rings. The highest BCUT2D eigenvalue weighted by Gasteiger charge is 2.25. The van der Waals surface area contributed by atoms with E-state index in [1.807, 2.05) is 0 Å². The first kappa shape index (κ1) is 18.1. The molecule has 1 N–H and O–H groups in total. The van der Waals surface area contributed by atoms with Gasteiger partial charge >= 0.3 is 0 Å². The number of pyridine rings is 1. The van der Waals surface area contributed by atoms with Gasteiger partial charge in [-0.3, -0.25) is 0 Å². The molecule has 0 saturated heterocycles. The van der Waals surface area contributed by atoms with E-state index < -0.39 is 15.8 Å². The summed E-state index contributed by atoms with van der Waals surface area (Å²) in [6.45, 7) is 0.0420. The highest BCUT2D eigenvalue weighted by Crippen LogP contribution is 2.29. The number of aromatic nitrogens is 2. The average molecular weight is 377 g/mol. The zero-order valence-corrected chi connectivity index (χ0v) is 14.6. The fraction of sp³-hybridized carbons (Fsp3) is 0.118. The van der Waals surface area contributed by atoms with Gasteiger partial charge in [0.1, 0.15) is 5.82 Å². The lowest BCUT2D eigenvalue weighted by Gasteiger charge is -2.10. The quantitative estimate of drug-likeness (QED) is 0.417. The molecule has 0 atom stereocenters. The van der Waals surface area contributed by atoms with E-state index in [9.17, 15) is 23.2 Å². The maximum atomic E-state index is 14.3. The molecular formula is C17H16FN3O4S. The molecule has 0 fully saturated rings. The van der Waals surface area contributed by atoms with Crippen molar-refractivity contribution in [1.29, 1.82) is 0 Å². The summed E-state index contributed by atoms with van der Waals surface area (Å²) in [5.41, 5.74) is 0.651. The fourth-order valence-corrected chi connectivity index (χ4v) is 4.01. The van der Waals surface area contributed by atoms with E-state index in [4.69, 9.17) is 0 Å². The van der Waals surface area contributed by atoms with Crippen LogP contribution in [0.3, 0.4) is 0 Å². The Balaban J connectivity index is 2.22. The highest BCUT2D eigenvalue weighted by atomic mass is 32.2. The Kier molecular flexibility index (Phi) is 4.77. The molecule has 9 heteroatoms. The number of rotatable bonds is 5. The summed E-state index contributed by atoms with van der Waals surface area (Å²) in [5.74, 6) is -0.585. The Hall–Kier alpha value is -2.75. The lowest BCUT2D eigenvalue weighted by atomic mass is 10.1. The second kappa shape index (κ2) is 6.87. The minimum atomic E-state index is -4.14. The molecule has 3 aromatic rings. The number of benzene rings is 1. The molecule has 0 aliphatic heterocycles. The Morgan fingerprint density at radius 1 is 1.27 bits per heavy atom. The van der Waals surface area contributed by atoms with Crippen molar-refractivity contribution >= 4 is 10.0 Å². The molecule has 26 heavy (non-hydrogen) atoms. The first-order valence-corrected chi connectivity index (χ1v) is 9.03. The van der Waals surface area contributed by atoms with E-state index in [1.165, 1.54) is 55.8 Å². The first-order valence-electron chi connectivity index (χ1n) is 7.59. The summed E-state index contributed by atoms with van der Waals surface area (Å²) in [7, 11) is -2.73. The van der Waals surface area contributed by atoms with Crippen LogP contribution in [0.4, 0.5) is 4.39 Å². The smallest absolute Gasteiger partial charge is 0.274 e. The normalized spacial score (nSPS) is 11.8. The monoisotopic (exact) mass is 377 g/mol. The molecule has 0 unspecified atom stereocenters. The average Bonchev–Trinajstić information content (AvgIpc) is 2.99. The van der Waals surface area contributed by atoms with E-state index >= 15 is 0 Å². The van der Waals surface area contributed by atoms with Gasteiger partial charge in [-0.1, -0.05) is 12.1 Å². The van der Waals surface area contributed by atoms with Crippen LogP contribution in [0, 0.1) is 11.0 Å². The van der Waals surface area contributed by atoms with Gasteiger partial charge in [0.15, 0.2) is 11.1 Å². The van der Waals surface area contributed by atoms with Crippen LogP contribution in [0.2, 0.25) is 0 Å². The van der Waals surface area contributed by atoms with Crippen LogP contribution in [-0.4, -0.2) is 29.7 Å². The molecule has 2 aromatic heterocycles. The predicted molar refractivity (Wildman–Crippen MR) is 91.1 cm³/mol. The Morgan fingerprint density at radius 3 is 2.65 bits per heavy atom. The highest BCUT2D eigenvalue weighted by molar-refractivity contribution is 7.90. The maximum absolute atomic E-state index is 14.3. The molecule has 0 saturated carbocycles. The fourth-order valence-electron chi connectivity index (χ4n) is 2.61. The zero-order valence-electron chi connectivity index (χ0n) is 13.8. The molecule has 0 bridgehead atoms. The van der Waals surface area contributed by atoms with Gasteiger partial charge in [0.2, 0.25) is 6.20 Å². The lowest BCUT2D eigenvalue weighted by Crippen LogP contribution is -2.27. The summed E-state index contributed by atoms with van der Waals surface area (Å²) >= 11 is 0. The van der Waals surface area contributed by atoms with Crippen LogP contribution in [0.25, 0.3) is 11.3 Å². The number of hydrogen-bond donors (Lipinski definition) is 1. The van der Waals surface area contributed by atoms with Gasteiger partial charge in [0, 0.05) is 24.9 Å². The minimum absolute atomic E-state index is 0.0420. The maximum Gasteiger partial charge on any atom is 0.274 e. The van der Waals surface area contributed by atoms with Gasteiger partial charge < -0.3 is 10.4 Å². The summed E-state index contributed by atoms with van der Waals surface area (Å²) in [5, 5.41) is 21.8. The summed E-state index contributed by atoms with van der Waals surface area (Å²) < 4.78 is 41.6. The second-order valence-electron chi connectivity index (χ2n) is 5.73. The summed E-state index contributed by atoms with van der Waals surface area (Å²) in [6, 6.07) is 9.86. The molecule has 3 rings (SSSR count). The summed E-state index contributed by atoms with van der Waals surface area (Å²) in [6.07, 6.45) is 3.39. The van der Waals surface area contributed by atoms with Crippen LogP contribution in [0.1, 0.15) is 5.56 Å². The molecule has 0 amide bonds. The van der Waals surface area contributed by atoms with E-state index in [2.05, 4.69) is 0 Å². The third kappa shape index (κ3) is 3.45. The van der Waals surface area contributed by atoms with E-state index in [1.54, 1.807) is 6.07 Å². The van der Waals surface area contributed by atoms with Crippen molar-refractivity contribution in [2.45, 2.75) is 11.4 Å². The molecule has 1 aromatic carbocycles. The Morgan fingerprint density at radius 2 is 2.00 bits per heavy atom. The van der Waals surface area contributed by atoms with Crippen LogP contribution >= 0.6 is 0 Å². The standard InChI is InChI=1S/C17H16FN3O4S/c1-19(22)10-13-9-17(15-6-2-3-7-16(15)18)21(11-13)26(24,25)14-5-4-8-20(23)12-14/h2-9,11-12,22H,10H2,1H3. The topological polar surface area (TPSA) is 89.5 Å². The van der Waals surface area contributed by atoms with Crippen molar-refractivity contribution in [3.8, 4) is 11.3 Å². The van der Waals surface area contributed by atoms with E-state index in [-0.39, 0.29) is 22.7 Å². The number of nitrogens with zero attached hydrogens (tertiary/aromatic N) is 3. The van der Waals surface area contributed by atoms with Crippen molar-refractivity contribution in [2.24, 2.45) is 0 Å². The first-order chi connectivity index (χ1) is 12.3. The van der Waals surface area contributed by atoms with Gasteiger partial charge in [-0.2, -0.15) is 9.79 Å². The molecule has 0 aliphatic carbocycles. The van der Waals surface area contributed by atoms with Crippen molar-refractivity contribution in [2.75, 3.05) is 7.05 Å². The van der Waals surface area contributed by atoms with Crippen molar-refractivity contribution in [3.63, 3.8) is 0 Å². The van der Waals surface area contributed by atoms with Gasteiger partial charge in [-0.05, 0) is 29.8 Å². The number of halogens is 1. The van der Waals surface area contributed by atoms with Crippen LogP contribution in [0.15, 0.2) is 66.0 Å². The van der Waals surface area contributed by atoms with Gasteiger partial charge in [-0.25, -0.2) is 16.8 Å². The predicted octanol–water partition coefficient (Wildman–Crippen LogP) is 1.99. The van der Waals surface area contributed by atoms with Crippen LogP contribution in [-0.2, 0) is 16.6 Å². The molecule has 136 valence electrons. The van der Waals surface area contributed by atoms with E-state index in [0.717, 1.165) is 15.2 Å². The van der Waals surface area contributed by atoms with Crippen LogP contribution < -0.4 is 4.73 Å². The molecule has 0 radical (unpaired) electrons. The Labute approximate surface area is 149 Å². The van der Waals surface area contributed by atoms with Crippen molar-refractivity contribution in [3.05, 3.63) is 77.6 Å². The van der Waals surface area contributed by atoms with Gasteiger partial charge in [-0.15, -0.1) is 0 Å². The van der Waals surface area contributed by atoms with Crippen LogP contribution in [0.5, 0.6) is 0 Å². The second-order valence-corrected chi connectivity index (χ2v) is 7.54. The third-order valence-corrected chi connectivity index (χ3v) is 5.37. The molecule has 0 spiro atoms. The van der Waals surface area contributed by atoms with Gasteiger partial charge in [0.05, 0.1) is 12.2 Å². The summed E-state index contributed by atoms with van der Waals surface area (Å²) in [4.78, 5) is -0.230. The van der Waals surface area contributed by atoms with Gasteiger partial charge in [0.25, 0.3) is 10.0 Å². The van der Waals surface area contributed by atoms with Crippen molar-refractivity contribution in [1.82, 2.24) is 9.04 Å². The SMILES string of the molecule is CN(O)Cc1cc(-c2ccccc2F)n(S(=O)(=O)c2ccc[n+]([O-])c2)c1. The molecular weight excluding hydrogens is 361 g/mol. The minimum Gasteiger partial charge on any atom is -0.619 e. The number of hydroxylamine groups is 2. The van der Waals surface area contributed by atoms with Crippen molar-refractivity contribution < 1.29 is 22.7 Å². The zero-order chi connectivity index (χ0) is 18.9. The lowest BCUT2D eigenvalue weighted by molar-refractivity contribution is -0.607. The number of hydrogen-bond acceptors (Lipinski definition) is 5. The Bertz CT molecular complexity index is 1050.